The molecule has 0 saturated carbocycles. The summed E-state index contributed by atoms with van der Waals surface area (Å²) in [6, 6.07) is 7.15. The van der Waals surface area contributed by atoms with Crippen LogP contribution in [0.4, 0.5) is 0 Å². The average molecular weight is 367 g/mol. The molecule has 0 aliphatic heterocycles. The highest BCUT2D eigenvalue weighted by atomic mass is 28.2. The predicted octanol–water partition coefficient (Wildman–Crippen LogP) is 1.55. The summed E-state index contributed by atoms with van der Waals surface area (Å²) in [4.78, 5) is 0. The second kappa shape index (κ2) is 11.0. The van der Waals surface area contributed by atoms with Crippen LogP contribution < -0.4 is 15.6 Å². The first-order valence-corrected chi connectivity index (χ1v) is 13.0. The van der Waals surface area contributed by atoms with Crippen LogP contribution in [0.25, 0.3) is 0 Å². The van der Waals surface area contributed by atoms with Crippen molar-refractivity contribution in [2.24, 2.45) is 0 Å². The second-order valence-electron chi connectivity index (χ2n) is 6.12. The molecule has 0 aliphatic rings. The van der Waals surface area contributed by atoms with Crippen molar-refractivity contribution in [2.75, 3.05) is 0 Å². The molecule has 1 aromatic rings. The molecule has 126 valence electrons. The molecular formula is C21H30Si3. The van der Waals surface area contributed by atoms with Crippen molar-refractivity contribution in [3.05, 3.63) is 94.1 Å². The molecule has 0 spiro atoms. The summed E-state index contributed by atoms with van der Waals surface area (Å²) in [7, 11) is -1.29. The van der Waals surface area contributed by atoms with Gasteiger partial charge in [0.25, 0.3) is 0 Å². The first-order chi connectivity index (χ1) is 11.6. The van der Waals surface area contributed by atoms with E-state index in [1.807, 2.05) is 36.5 Å². The molecule has 0 heterocycles. The molecule has 0 nitrogen and oxygen atoms in total. The number of rotatable bonds is 12. The third-order valence-electron chi connectivity index (χ3n) is 4.47. The standard InChI is InChI=1S/C21H30Si3/c1-7-16(8-2)22-19-13-14-20(23-17(9-3)10-4)21(15-19)24-18(11-5)12-6/h7-18H,1-6,22-24H2. The van der Waals surface area contributed by atoms with Crippen LogP contribution in [0.15, 0.2) is 94.1 Å². The maximum absolute atomic E-state index is 3.97. The molecule has 0 fully saturated rings. The lowest BCUT2D eigenvalue weighted by atomic mass is 10.3. The van der Waals surface area contributed by atoms with E-state index >= 15 is 0 Å². The van der Waals surface area contributed by atoms with E-state index in [-0.39, 0.29) is 0 Å². The topological polar surface area (TPSA) is 0 Å². The smallest absolute Gasteiger partial charge is 0.0663 e. The highest BCUT2D eigenvalue weighted by Gasteiger charge is 2.12. The third kappa shape index (κ3) is 6.07. The van der Waals surface area contributed by atoms with Crippen LogP contribution in [-0.4, -0.2) is 28.6 Å². The molecule has 24 heavy (non-hydrogen) atoms. The van der Waals surface area contributed by atoms with Gasteiger partial charge in [0.15, 0.2) is 0 Å². The monoisotopic (exact) mass is 366 g/mol. The van der Waals surface area contributed by atoms with Gasteiger partial charge in [-0.25, -0.2) is 0 Å². The van der Waals surface area contributed by atoms with Gasteiger partial charge < -0.3 is 0 Å². The van der Waals surface area contributed by atoms with Gasteiger partial charge in [-0.15, -0.1) is 39.5 Å². The summed E-state index contributed by atoms with van der Waals surface area (Å²) in [6.07, 6.45) is 12.2. The Kier molecular flexibility index (Phi) is 9.30. The molecule has 0 radical (unpaired) electrons. The van der Waals surface area contributed by atoms with Crippen molar-refractivity contribution in [1.82, 2.24) is 0 Å². The highest BCUT2D eigenvalue weighted by molar-refractivity contribution is 6.70. The Balaban J connectivity index is 3.16. The van der Waals surface area contributed by atoms with E-state index in [2.05, 4.69) is 57.7 Å². The quantitative estimate of drug-likeness (QED) is 0.389. The Bertz CT molecular complexity index is 592. The molecule has 0 atom stereocenters. The van der Waals surface area contributed by atoms with Gasteiger partial charge in [-0.1, -0.05) is 70.2 Å². The van der Waals surface area contributed by atoms with Crippen LogP contribution in [-0.2, 0) is 0 Å². The lowest BCUT2D eigenvalue weighted by Crippen LogP contribution is -2.41. The van der Waals surface area contributed by atoms with Crippen LogP contribution in [0, 0.1) is 0 Å². The maximum Gasteiger partial charge on any atom is 0.0663 e. The summed E-state index contributed by atoms with van der Waals surface area (Å²) < 4.78 is 0. The fourth-order valence-corrected chi connectivity index (χ4v) is 8.48. The molecule has 0 amide bonds. The summed E-state index contributed by atoms with van der Waals surface area (Å²) in [5.74, 6) is 0. The number of benzene rings is 1. The van der Waals surface area contributed by atoms with Crippen LogP contribution in [0.3, 0.4) is 0 Å². The predicted molar refractivity (Wildman–Crippen MR) is 123 cm³/mol. The minimum atomic E-state index is -0.452. The molecule has 3 heteroatoms. The molecular weight excluding hydrogens is 336 g/mol. The van der Waals surface area contributed by atoms with Crippen molar-refractivity contribution in [1.29, 1.82) is 0 Å². The number of hydrogen-bond acceptors (Lipinski definition) is 0. The van der Waals surface area contributed by atoms with Gasteiger partial charge in [-0.2, -0.15) is 0 Å². The molecule has 1 rings (SSSR count). The van der Waals surface area contributed by atoms with Gasteiger partial charge in [-0.3, -0.25) is 0 Å². The first-order valence-electron chi connectivity index (χ1n) is 8.47. The van der Waals surface area contributed by atoms with Gasteiger partial charge in [0.05, 0.1) is 28.6 Å². The summed E-state index contributed by atoms with van der Waals surface area (Å²) in [6.45, 7) is 23.7. The number of allylic oxidation sites excluding steroid dienone is 6. The zero-order valence-electron chi connectivity index (χ0n) is 14.8. The minimum Gasteiger partial charge on any atom is -0.103 e. The molecule has 0 bridgehead atoms. The maximum atomic E-state index is 3.97. The Morgan fingerprint density at radius 3 is 1.46 bits per heavy atom. The van der Waals surface area contributed by atoms with Crippen molar-refractivity contribution >= 4 is 44.1 Å². The Labute approximate surface area is 154 Å². The van der Waals surface area contributed by atoms with Crippen molar-refractivity contribution < 1.29 is 0 Å². The van der Waals surface area contributed by atoms with E-state index in [1.54, 1.807) is 10.4 Å². The van der Waals surface area contributed by atoms with Crippen LogP contribution in [0.2, 0.25) is 16.6 Å². The van der Waals surface area contributed by atoms with Gasteiger partial charge in [-0.05, 0) is 16.6 Å². The molecule has 0 aromatic heterocycles. The molecule has 0 unspecified atom stereocenters. The molecule has 0 aliphatic carbocycles. The first kappa shape index (κ1) is 20.4. The fourth-order valence-electron chi connectivity index (χ4n) is 2.76. The van der Waals surface area contributed by atoms with Gasteiger partial charge in [0, 0.05) is 0 Å². The van der Waals surface area contributed by atoms with E-state index in [0.717, 1.165) is 0 Å². The van der Waals surface area contributed by atoms with Gasteiger partial charge in [0.1, 0.15) is 0 Å². The fraction of sp³-hybridized carbons (Fsp3) is 0.143. The highest BCUT2D eigenvalue weighted by Crippen LogP contribution is 2.08. The number of hydrogen-bond donors (Lipinski definition) is 0. The van der Waals surface area contributed by atoms with Crippen LogP contribution >= 0.6 is 0 Å². The lowest BCUT2D eigenvalue weighted by molar-refractivity contribution is 1.37. The molecule has 1 aromatic carbocycles. The zero-order valence-corrected chi connectivity index (χ0v) is 19.0. The normalized spacial score (nSPS) is 12.1. The Morgan fingerprint density at radius 1 is 0.583 bits per heavy atom. The summed E-state index contributed by atoms with van der Waals surface area (Å²) in [5.41, 5.74) is 1.38. The third-order valence-corrected chi connectivity index (χ3v) is 11.5. The lowest BCUT2D eigenvalue weighted by Gasteiger charge is -2.17. The van der Waals surface area contributed by atoms with Crippen molar-refractivity contribution in [2.45, 2.75) is 16.6 Å². The van der Waals surface area contributed by atoms with E-state index in [0.29, 0.717) is 16.6 Å². The second-order valence-corrected chi connectivity index (χ2v) is 12.5. The van der Waals surface area contributed by atoms with E-state index in [4.69, 9.17) is 0 Å². The largest absolute Gasteiger partial charge is 0.103 e. The van der Waals surface area contributed by atoms with E-state index in [9.17, 15) is 0 Å². The summed E-state index contributed by atoms with van der Waals surface area (Å²) >= 11 is 0. The van der Waals surface area contributed by atoms with E-state index < -0.39 is 28.6 Å². The van der Waals surface area contributed by atoms with Crippen molar-refractivity contribution in [3.63, 3.8) is 0 Å². The minimum absolute atomic E-state index is 0.409. The Morgan fingerprint density at radius 2 is 1.00 bits per heavy atom. The molecule has 0 N–H and O–H groups in total. The molecule has 0 saturated heterocycles. The average Bonchev–Trinajstić information content (AvgIpc) is 2.63. The Hall–Kier alpha value is -1.69. The van der Waals surface area contributed by atoms with Crippen LogP contribution in [0.5, 0.6) is 0 Å². The SMILES string of the molecule is C=CC(C=C)[SiH2]c1ccc([SiH2]C(C=C)C=C)c([SiH2]C(C=C)C=C)c1. The zero-order chi connectivity index (χ0) is 17.9. The summed E-state index contributed by atoms with van der Waals surface area (Å²) in [5, 5.41) is 4.64. The van der Waals surface area contributed by atoms with E-state index in [1.165, 1.54) is 5.19 Å². The van der Waals surface area contributed by atoms with Crippen LogP contribution in [0.1, 0.15) is 0 Å². The van der Waals surface area contributed by atoms with Crippen molar-refractivity contribution in [3.8, 4) is 0 Å². The van der Waals surface area contributed by atoms with Gasteiger partial charge in [0.2, 0.25) is 0 Å². The van der Waals surface area contributed by atoms with Gasteiger partial charge >= 0.3 is 0 Å².